The van der Waals surface area contributed by atoms with Gasteiger partial charge in [0.2, 0.25) is 0 Å². The van der Waals surface area contributed by atoms with Crippen LogP contribution in [0.2, 0.25) is 0 Å². The van der Waals surface area contributed by atoms with Crippen LogP contribution in [0.1, 0.15) is 50.2 Å². The molecule has 3 heteroatoms. The van der Waals surface area contributed by atoms with Gasteiger partial charge in [0, 0.05) is 0 Å². The van der Waals surface area contributed by atoms with Crippen LogP contribution in [0.15, 0.2) is 66.7 Å². The molecule has 2 aliphatic rings. The molecule has 0 fully saturated rings. The molecule has 0 spiro atoms. The number of ether oxygens (including phenoxy) is 1. The number of cyclic esters (lactones) is 2. The third-order valence-corrected chi connectivity index (χ3v) is 6.14. The van der Waals surface area contributed by atoms with Gasteiger partial charge in [-0.3, -0.25) is 0 Å². The van der Waals surface area contributed by atoms with E-state index in [1.807, 2.05) is 0 Å². The zero-order valence-electron chi connectivity index (χ0n) is 16.9. The number of carbonyl (C=O) groups excluding carboxylic acids is 2. The molecule has 1 aliphatic heterocycles. The Bertz CT molecular complexity index is 1320. The van der Waals surface area contributed by atoms with E-state index >= 15 is 0 Å². The molecule has 1 heterocycles. The SMILES string of the molecule is Cc1cccc2c1C(=O)OC2=O.c1ccc2c(c1)ccc1c3c(ccc12)CCCC3. The Morgan fingerprint density at radius 2 is 1.50 bits per heavy atom. The number of esters is 2. The van der Waals surface area contributed by atoms with E-state index in [0.717, 1.165) is 5.56 Å². The molecule has 0 saturated carbocycles. The normalized spacial score (nSPS) is 14.7. The second kappa shape index (κ2) is 7.42. The molecule has 3 nitrogen and oxygen atoms in total. The molecule has 0 unspecified atom stereocenters. The Hall–Kier alpha value is -3.46. The van der Waals surface area contributed by atoms with E-state index in [-0.39, 0.29) is 0 Å². The predicted octanol–water partition coefficient (Wildman–Crippen LogP) is 6.18. The first-order chi connectivity index (χ1) is 14.6. The Morgan fingerprint density at radius 3 is 2.37 bits per heavy atom. The quantitative estimate of drug-likeness (QED) is 0.203. The van der Waals surface area contributed by atoms with Crippen molar-refractivity contribution in [3.05, 3.63) is 94.5 Å². The molecule has 1 aliphatic carbocycles. The zero-order valence-corrected chi connectivity index (χ0v) is 16.9. The van der Waals surface area contributed by atoms with Gasteiger partial charge in [0.25, 0.3) is 0 Å². The van der Waals surface area contributed by atoms with Gasteiger partial charge in [0.1, 0.15) is 0 Å². The van der Waals surface area contributed by atoms with Crippen molar-refractivity contribution in [3.63, 3.8) is 0 Å². The third-order valence-electron chi connectivity index (χ3n) is 6.14. The fourth-order valence-electron chi connectivity index (χ4n) is 4.64. The van der Waals surface area contributed by atoms with Crippen LogP contribution in [-0.2, 0) is 17.6 Å². The molecule has 0 atom stereocenters. The molecule has 0 N–H and O–H groups in total. The summed E-state index contributed by atoms with van der Waals surface area (Å²) < 4.78 is 4.43. The summed E-state index contributed by atoms with van der Waals surface area (Å²) in [5, 5.41) is 5.64. The largest absolute Gasteiger partial charge is 0.386 e. The van der Waals surface area contributed by atoms with Gasteiger partial charge in [-0.25, -0.2) is 9.59 Å². The van der Waals surface area contributed by atoms with E-state index in [0.29, 0.717) is 11.1 Å². The number of rotatable bonds is 0. The summed E-state index contributed by atoms with van der Waals surface area (Å²) in [5.74, 6) is -1.08. The van der Waals surface area contributed by atoms with Crippen molar-refractivity contribution in [2.45, 2.75) is 32.6 Å². The third kappa shape index (κ3) is 3.07. The highest BCUT2D eigenvalue weighted by atomic mass is 16.6. The van der Waals surface area contributed by atoms with Gasteiger partial charge < -0.3 is 4.74 Å². The van der Waals surface area contributed by atoms with Crippen molar-refractivity contribution in [1.82, 2.24) is 0 Å². The number of fused-ring (bicyclic) bond motifs is 6. The van der Waals surface area contributed by atoms with E-state index in [1.54, 1.807) is 36.2 Å². The second-order valence-electron chi connectivity index (χ2n) is 7.97. The topological polar surface area (TPSA) is 43.4 Å². The monoisotopic (exact) mass is 394 g/mol. The van der Waals surface area contributed by atoms with Crippen LogP contribution < -0.4 is 0 Å². The minimum absolute atomic E-state index is 0.375. The van der Waals surface area contributed by atoms with E-state index in [4.69, 9.17) is 0 Å². The summed E-state index contributed by atoms with van der Waals surface area (Å²) in [4.78, 5) is 22.0. The number of benzene rings is 4. The molecule has 6 rings (SSSR count). The summed E-state index contributed by atoms with van der Waals surface area (Å²) in [5.41, 5.74) is 4.74. The number of hydrogen-bond donors (Lipinski definition) is 0. The molecule has 4 aromatic rings. The summed E-state index contributed by atoms with van der Waals surface area (Å²) in [7, 11) is 0. The van der Waals surface area contributed by atoms with Crippen molar-refractivity contribution >= 4 is 33.5 Å². The van der Waals surface area contributed by atoms with Gasteiger partial charge >= 0.3 is 11.9 Å². The molecule has 30 heavy (non-hydrogen) atoms. The summed E-state index contributed by atoms with van der Waals surface area (Å²) in [6.07, 6.45) is 5.22. The van der Waals surface area contributed by atoms with Crippen molar-refractivity contribution < 1.29 is 14.3 Å². The Morgan fingerprint density at radius 1 is 0.700 bits per heavy atom. The average Bonchev–Trinajstić information content (AvgIpc) is 3.08. The highest BCUT2D eigenvalue weighted by molar-refractivity contribution is 6.15. The van der Waals surface area contributed by atoms with E-state index in [2.05, 4.69) is 53.3 Å². The van der Waals surface area contributed by atoms with Gasteiger partial charge in [-0.2, -0.15) is 0 Å². The molecule has 4 aromatic carbocycles. The molecule has 0 amide bonds. The lowest BCUT2D eigenvalue weighted by molar-refractivity contribution is 0.0443. The van der Waals surface area contributed by atoms with Crippen LogP contribution in [0.4, 0.5) is 0 Å². The first-order valence-corrected chi connectivity index (χ1v) is 10.4. The fourth-order valence-corrected chi connectivity index (χ4v) is 4.64. The minimum atomic E-state index is -0.543. The first kappa shape index (κ1) is 18.6. The lowest BCUT2D eigenvalue weighted by atomic mass is 9.86. The maximum Gasteiger partial charge on any atom is 0.347 e. The lowest BCUT2D eigenvalue weighted by Gasteiger charge is -2.18. The number of hydrogen-bond acceptors (Lipinski definition) is 3. The fraction of sp³-hybridized carbons (Fsp3) is 0.185. The minimum Gasteiger partial charge on any atom is -0.386 e. The van der Waals surface area contributed by atoms with E-state index in [1.165, 1.54) is 47.2 Å². The molecule has 0 aromatic heterocycles. The molecule has 0 radical (unpaired) electrons. The molecule has 0 bridgehead atoms. The van der Waals surface area contributed by atoms with Gasteiger partial charge in [0.15, 0.2) is 0 Å². The van der Waals surface area contributed by atoms with Crippen molar-refractivity contribution in [2.75, 3.05) is 0 Å². The molecular weight excluding hydrogens is 372 g/mol. The van der Waals surface area contributed by atoms with Crippen LogP contribution in [0, 0.1) is 6.92 Å². The van der Waals surface area contributed by atoms with Gasteiger partial charge in [-0.1, -0.05) is 60.7 Å². The summed E-state index contributed by atoms with van der Waals surface area (Å²) in [6, 6.07) is 23.1. The molecular formula is C27H22O3. The van der Waals surface area contributed by atoms with Crippen LogP contribution in [0.3, 0.4) is 0 Å². The van der Waals surface area contributed by atoms with Crippen LogP contribution in [-0.4, -0.2) is 11.9 Å². The van der Waals surface area contributed by atoms with Crippen LogP contribution >= 0.6 is 0 Å². The highest BCUT2D eigenvalue weighted by Crippen LogP contribution is 2.33. The maximum absolute atomic E-state index is 11.1. The average molecular weight is 394 g/mol. The smallest absolute Gasteiger partial charge is 0.347 e. The Kier molecular flexibility index (Phi) is 4.59. The van der Waals surface area contributed by atoms with Crippen LogP contribution in [0.5, 0.6) is 0 Å². The van der Waals surface area contributed by atoms with Crippen molar-refractivity contribution in [1.29, 1.82) is 0 Å². The summed E-state index contributed by atoms with van der Waals surface area (Å²) in [6.45, 7) is 1.78. The Labute approximate surface area is 175 Å². The van der Waals surface area contributed by atoms with E-state index in [9.17, 15) is 9.59 Å². The number of carbonyl (C=O) groups is 2. The number of aryl methyl sites for hydroxylation is 3. The summed E-state index contributed by atoms with van der Waals surface area (Å²) >= 11 is 0. The molecule has 148 valence electrons. The first-order valence-electron chi connectivity index (χ1n) is 10.4. The van der Waals surface area contributed by atoms with Gasteiger partial charge in [-0.05, 0) is 76.9 Å². The predicted molar refractivity (Wildman–Crippen MR) is 119 cm³/mol. The van der Waals surface area contributed by atoms with Crippen molar-refractivity contribution in [2.24, 2.45) is 0 Å². The molecule has 0 saturated heterocycles. The zero-order chi connectivity index (χ0) is 20.7. The van der Waals surface area contributed by atoms with Gasteiger partial charge in [0.05, 0.1) is 11.1 Å². The van der Waals surface area contributed by atoms with Crippen molar-refractivity contribution in [3.8, 4) is 0 Å². The van der Waals surface area contributed by atoms with Gasteiger partial charge in [-0.15, -0.1) is 0 Å². The standard InChI is InChI=1S/C18H16.C9H6O3/c1-3-7-15-13(5-1)9-11-18-16-8-4-2-6-14(16)10-12-17(15)18;1-5-3-2-4-6-7(5)9(11)12-8(6)10/h1,3,5,7,9-12H,2,4,6,8H2;2-4H,1H3. The highest BCUT2D eigenvalue weighted by Gasteiger charge is 2.30. The van der Waals surface area contributed by atoms with Crippen LogP contribution in [0.25, 0.3) is 21.5 Å². The second-order valence-corrected chi connectivity index (χ2v) is 7.97. The Balaban J connectivity index is 0.000000140. The van der Waals surface area contributed by atoms with E-state index < -0.39 is 11.9 Å². The lowest BCUT2D eigenvalue weighted by Crippen LogP contribution is -2.02. The maximum atomic E-state index is 11.1.